The normalized spacial score (nSPS) is 20.7. The minimum Gasteiger partial charge on any atom is -0.343 e. The first kappa shape index (κ1) is 17.3. The summed E-state index contributed by atoms with van der Waals surface area (Å²) in [7, 11) is 0. The van der Waals surface area contributed by atoms with E-state index in [1.54, 1.807) is 17.1 Å². The summed E-state index contributed by atoms with van der Waals surface area (Å²) < 4.78 is 1.71. The van der Waals surface area contributed by atoms with Crippen molar-refractivity contribution in [1.29, 1.82) is 0 Å². The van der Waals surface area contributed by atoms with Crippen LogP contribution in [0, 0.1) is 5.41 Å². The Morgan fingerprint density at radius 3 is 2.71 bits per heavy atom. The van der Waals surface area contributed by atoms with Crippen molar-refractivity contribution in [2.45, 2.75) is 45.6 Å². The third kappa shape index (κ3) is 3.74. The maximum absolute atomic E-state index is 12.4. The molecular weight excluding hydrogens is 328 g/mol. The quantitative estimate of drug-likeness (QED) is 0.834. The van der Waals surface area contributed by atoms with Crippen LogP contribution in [0.4, 0.5) is 0 Å². The summed E-state index contributed by atoms with van der Waals surface area (Å²) in [5, 5.41) is 4.69. The number of aryl methyl sites for hydroxylation is 1. The van der Waals surface area contributed by atoms with Gasteiger partial charge in [0.25, 0.3) is 0 Å². The highest BCUT2D eigenvalue weighted by molar-refractivity contribution is 6.30. The van der Waals surface area contributed by atoms with Gasteiger partial charge in [0.1, 0.15) is 0 Å². The molecule has 3 rings (SSSR count). The van der Waals surface area contributed by atoms with Crippen LogP contribution in [0.5, 0.6) is 0 Å². The zero-order chi connectivity index (χ0) is 17.2. The summed E-state index contributed by atoms with van der Waals surface area (Å²) in [6.07, 6.45) is 7.38. The molecule has 7 heteroatoms. The maximum Gasteiger partial charge on any atom is 0.224 e. The maximum atomic E-state index is 12.4. The van der Waals surface area contributed by atoms with E-state index in [0.717, 1.165) is 45.4 Å². The largest absolute Gasteiger partial charge is 0.343 e. The van der Waals surface area contributed by atoms with E-state index in [9.17, 15) is 9.59 Å². The fourth-order valence-corrected chi connectivity index (χ4v) is 4.01. The van der Waals surface area contributed by atoms with Crippen LogP contribution in [0.25, 0.3) is 0 Å². The van der Waals surface area contributed by atoms with E-state index in [1.807, 2.05) is 16.7 Å². The summed E-state index contributed by atoms with van der Waals surface area (Å²) in [5.41, 5.74) is 0.218. The van der Waals surface area contributed by atoms with E-state index in [0.29, 0.717) is 24.4 Å². The highest BCUT2D eigenvalue weighted by atomic mass is 35.5. The minimum absolute atomic E-state index is 0.177. The van der Waals surface area contributed by atoms with Gasteiger partial charge in [-0.3, -0.25) is 14.3 Å². The lowest BCUT2D eigenvalue weighted by Gasteiger charge is -2.47. The molecule has 2 amide bonds. The fourth-order valence-electron chi connectivity index (χ4n) is 3.86. The Morgan fingerprint density at radius 2 is 2.08 bits per heavy atom. The number of hydrogen-bond donors (Lipinski definition) is 0. The van der Waals surface area contributed by atoms with Crippen LogP contribution in [-0.2, 0) is 16.1 Å². The van der Waals surface area contributed by atoms with Gasteiger partial charge in [-0.25, -0.2) is 0 Å². The van der Waals surface area contributed by atoms with E-state index in [1.165, 1.54) is 0 Å². The standard InChI is InChI=1S/C17H25ClN4O2/c1-2-20-13-17(5-3-15(20)23)6-9-21(10-7-17)16(24)4-8-22-12-14(18)11-19-22/h11-12H,2-10,13H2,1H3. The van der Waals surface area contributed by atoms with Gasteiger partial charge in [-0.1, -0.05) is 11.6 Å². The Balaban J connectivity index is 1.49. The number of aromatic nitrogens is 2. The van der Waals surface area contributed by atoms with Gasteiger partial charge in [0.2, 0.25) is 11.8 Å². The Bertz CT molecular complexity index is 607. The molecule has 0 radical (unpaired) electrons. The monoisotopic (exact) mass is 352 g/mol. The average molecular weight is 353 g/mol. The Hall–Kier alpha value is -1.56. The van der Waals surface area contributed by atoms with E-state index < -0.39 is 0 Å². The Labute approximate surface area is 147 Å². The number of nitrogens with zero attached hydrogens (tertiary/aromatic N) is 4. The second kappa shape index (κ2) is 7.13. The van der Waals surface area contributed by atoms with Crippen molar-refractivity contribution in [1.82, 2.24) is 19.6 Å². The summed E-state index contributed by atoms with van der Waals surface area (Å²) in [6.45, 7) is 5.84. The molecule has 0 atom stereocenters. The smallest absolute Gasteiger partial charge is 0.224 e. The summed E-state index contributed by atoms with van der Waals surface area (Å²) in [6, 6.07) is 0. The molecule has 0 N–H and O–H groups in total. The van der Waals surface area contributed by atoms with Gasteiger partial charge in [0.15, 0.2) is 0 Å². The van der Waals surface area contributed by atoms with Gasteiger partial charge >= 0.3 is 0 Å². The molecule has 2 fully saturated rings. The lowest BCUT2D eigenvalue weighted by atomic mass is 9.72. The second-order valence-corrected chi connectivity index (χ2v) is 7.40. The van der Waals surface area contributed by atoms with Gasteiger partial charge < -0.3 is 9.80 Å². The van der Waals surface area contributed by atoms with Crippen LogP contribution in [0.3, 0.4) is 0 Å². The molecule has 1 aromatic rings. The van der Waals surface area contributed by atoms with Gasteiger partial charge in [0.05, 0.1) is 11.2 Å². The van der Waals surface area contributed by atoms with Crippen molar-refractivity contribution < 1.29 is 9.59 Å². The van der Waals surface area contributed by atoms with E-state index in [4.69, 9.17) is 11.6 Å². The average Bonchev–Trinajstić information content (AvgIpc) is 3.01. The lowest BCUT2D eigenvalue weighted by molar-refractivity contribution is -0.142. The minimum atomic E-state index is 0.177. The molecule has 132 valence electrons. The SMILES string of the molecule is CCN1CC2(CCC1=O)CCN(C(=O)CCn1cc(Cl)cn1)CC2. The zero-order valence-electron chi connectivity index (χ0n) is 14.2. The van der Waals surface area contributed by atoms with Crippen molar-refractivity contribution in [2.75, 3.05) is 26.2 Å². The summed E-state index contributed by atoms with van der Waals surface area (Å²) >= 11 is 5.83. The number of halogens is 1. The predicted octanol–water partition coefficient (Wildman–Crippen LogP) is 2.18. The molecule has 0 aliphatic carbocycles. The highest BCUT2D eigenvalue weighted by Gasteiger charge is 2.41. The first-order valence-corrected chi connectivity index (χ1v) is 9.13. The summed E-state index contributed by atoms with van der Waals surface area (Å²) in [4.78, 5) is 28.2. The van der Waals surface area contributed by atoms with E-state index in [2.05, 4.69) is 5.10 Å². The topological polar surface area (TPSA) is 58.4 Å². The number of piperidine rings is 2. The molecule has 2 aliphatic rings. The van der Waals surface area contributed by atoms with Crippen molar-refractivity contribution in [3.63, 3.8) is 0 Å². The zero-order valence-corrected chi connectivity index (χ0v) is 15.0. The van der Waals surface area contributed by atoms with Crippen LogP contribution in [0.2, 0.25) is 5.02 Å². The molecule has 24 heavy (non-hydrogen) atoms. The fraction of sp³-hybridized carbons (Fsp3) is 0.706. The molecule has 0 saturated carbocycles. The molecule has 0 bridgehead atoms. The van der Waals surface area contributed by atoms with Crippen LogP contribution in [0.1, 0.15) is 39.0 Å². The molecular formula is C17H25ClN4O2. The molecule has 0 aromatic carbocycles. The van der Waals surface area contributed by atoms with Gasteiger partial charge in [-0.15, -0.1) is 0 Å². The number of carbonyl (C=O) groups is 2. The first-order chi connectivity index (χ1) is 11.5. The van der Waals surface area contributed by atoms with Gasteiger partial charge in [-0.2, -0.15) is 5.10 Å². The van der Waals surface area contributed by atoms with Crippen LogP contribution < -0.4 is 0 Å². The van der Waals surface area contributed by atoms with Crippen molar-refractivity contribution in [3.05, 3.63) is 17.4 Å². The number of amides is 2. The molecule has 0 unspecified atom stereocenters. The number of rotatable bonds is 4. The second-order valence-electron chi connectivity index (χ2n) is 6.96. The molecule has 1 aromatic heterocycles. The number of likely N-dealkylation sites (tertiary alicyclic amines) is 2. The highest BCUT2D eigenvalue weighted by Crippen LogP contribution is 2.40. The first-order valence-electron chi connectivity index (χ1n) is 8.75. The summed E-state index contributed by atoms with van der Waals surface area (Å²) in [5.74, 6) is 0.454. The Kier molecular flexibility index (Phi) is 5.13. The van der Waals surface area contributed by atoms with Crippen LogP contribution in [-0.4, -0.2) is 57.6 Å². The molecule has 2 saturated heterocycles. The lowest BCUT2D eigenvalue weighted by Crippen LogP contribution is -2.52. The predicted molar refractivity (Wildman–Crippen MR) is 91.6 cm³/mol. The van der Waals surface area contributed by atoms with Gasteiger partial charge in [0, 0.05) is 51.8 Å². The van der Waals surface area contributed by atoms with Crippen molar-refractivity contribution in [3.8, 4) is 0 Å². The number of hydrogen-bond acceptors (Lipinski definition) is 3. The third-order valence-corrected chi connectivity index (χ3v) is 5.66. The molecule has 2 aliphatic heterocycles. The van der Waals surface area contributed by atoms with E-state index in [-0.39, 0.29) is 17.2 Å². The van der Waals surface area contributed by atoms with Crippen molar-refractivity contribution >= 4 is 23.4 Å². The van der Waals surface area contributed by atoms with Crippen LogP contribution in [0.15, 0.2) is 12.4 Å². The van der Waals surface area contributed by atoms with Gasteiger partial charge in [-0.05, 0) is 31.6 Å². The van der Waals surface area contributed by atoms with Crippen LogP contribution >= 0.6 is 11.6 Å². The Morgan fingerprint density at radius 1 is 1.33 bits per heavy atom. The molecule has 6 nitrogen and oxygen atoms in total. The molecule has 3 heterocycles. The van der Waals surface area contributed by atoms with E-state index >= 15 is 0 Å². The van der Waals surface area contributed by atoms with Crippen molar-refractivity contribution in [2.24, 2.45) is 5.41 Å². The third-order valence-electron chi connectivity index (χ3n) is 5.46. The number of carbonyl (C=O) groups excluding carboxylic acids is 2. The molecule has 1 spiro atoms.